The van der Waals surface area contributed by atoms with E-state index >= 15 is 0 Å². The fourth-order valence-corrected chi connectivity index (χ4v) is 7.29. The van der Waals surface area contributed by atoms with Gasteiger partial charge in [-0.2, -0.15) is 5.10 Å². The number of aryl methyl sites for hydroxylation is 1. The molecule has 9 atom stereocenters. The lowest BCUT2D eigenvalue weighted by Gasteiger charge is -2.37. The van der Waals surface area contributed by atoms with Crippen LogP contribution in [0.1, 0.15) is 40.0 Å². The largest absolute Gasteiger partial charge is 0.503 e. The molecule has 6 N–H and O–H groups in total. The van der Waals surface area contributed by atoms with Crippen molar-refractivity contribution in [3.8, 4) is 5.75 Å². The lowest BCUT2D eigenvalue weighted by atomic mass is 9.77. The highest BCUT2D eigenvalue weighted by Crippen LogP contribution is 2.58. The van der Waals surface area contributed by atoms with Gasteiger partial charge in [-0.1, -0.05) is 20.8 Å². The molecule has 0 aromatic carbocycles. The molecule has 2 saturated carbocycles. The van der Waals surface area contributed by atoms with Crippen molar-refractivity contribution in [2.75, 3.05) is 18.4 Å². The number of anilines is 1. The van der Waals surface area contributed by atoms with E-state index in [-0.39, 0.29) is 54.1 Å². The molecule has 12 nitrogen and oxygen atoms in total. The second-order valence-electron chi connectivity index (χ2n) is 12.8. The van der Waals surface area contributed by atoms with Crippen molar-refractivity contribution in [3.05, 3.63) is 6.20 Å². The number of hydrogen-bond acceptors (Lipinski definition) is 7. The topological polar surface area (TPSA) is 177 Å². The van der Waals surface area contributed by atoms with Crippen LogP contribution in [0, 0.1) is 35.0 Å². The maximum atomic E-state index is 15.0. The minimum Gasteiger partial charge on any atom is -0.503 e. The maximum Gasteiger partial charge on any atom is 0.246 e. The summed E-state index contributed by atoms with van der Waals surface area (Å²) in [4.78, 5) is 56.2. The number of aromatic hydroxyl groups is 1. The molecule has 5 rings (SSSR count). The molecule has 4 aliphatic rings. The van der Waals surface area contributed by atoms with Crippen LogP contribution in [-0.4, -0.2) is 85.7 Å². The number of nitrogens with zero attached hydrogens (tertiary/aromatic N) is 4. The first-order chi connectivity index (χ1) is 18.2. The zero-order chi connectivity index (χ0) is 28.5. The van der Waals surface area contributed by atoms with Crippen molar-refractivity contribution >= 4 is 29.4 Å². The number of nitrogens with one attached hydrogen (secondary N) is 1. The fourth-order valence-electron chi connectivity index (χ4n) is 7.29. The molecule has 0 radical (unpaired) electrons. The molecule has 4 fully saturated rings. The molecule has 2 aliphatic heterocycles. The summed E-state index contributed by atoms with van der Waals surface area (Å²) >= 11 is 0. The number of carbonyl (C=O) groups excluding carboxylic acids is 4. The Bertz CT molecular complexity index is 1200. The van der Waals surface area contributed by atoms with Gasteiger partial charge in [-0.05, 0) is 48.3 Å². The number of nitrogens with two attached hydrogens (primary N) is 2. The van der Waals surface area contributed by atoms with Crippen LogP contribution < -0.4 is 16.8 Å². The van der Waals surface area contributed by atoms with Gasteiger partial charge in [-0.25, -0.2) is 4.39 Å². The van der Waals surface area contributed by atoms with Crippen LogP contribution in [0.25, 0.3) is 0 Å². The van der Waals surface area contributed by atoms with Gasteiger partial charge in [0.05, 0.1) is 18.2 Å². The third kappa shape index (κ3) is 4.53. The maximum absolute atomic E-state index is 15.0. The molecule has 2 aliphatic carbocycles. The fraction of sp³-hybridized carbons (Fsp3) is 0.731. The van der Waals surface area contributed by atoms with Gasteiger partial charge in [0.25, 0.3) is 0 Å². The van der Waals surface area contributed by atoms with Crippen LogP contribution in [0.4, 0.5) is 10.2 Å². The number of likely N-dealkylation sites (tertiary alicyclic amines) is 2. The van der Waals surface area contributed by atoms with Crippen molar-refractivity contribution in [1.29, 1.82) is 0 Å². The van der Waals surface area contributed by atoms with Crippen molar-refractivity contribution in [2.24, 2.45) is 53.5 Å². The second-order valence-corrected chi connectivity index (χ2v) is 12.8. The molecule has 13 heteroatoms. The lowest BCUT2D eigenvalue weighted by Crippen LogP contribution is -2.58. The van der Waals surface area contributed by atoms with E-state index in [1.165, 1.54) is 20.7 Å². The summed E-state index contributed by atoms with van der Waals surface area (Å²) in [5, 5.41) is 16.5. The monoisotopic (exact) mass is 547 g/mol. The zero-order valence-electron chi connectivity index (χ0n) is 22.7. The van der Waals surface area contributed by atoms with E-state index in [0.717, 1.165) is 0 Å². The first-order valence-electron chi connectivity index (χ1n) is 13.5. The molecule has 1 aromatic heterocycles. The van der Waals surface area contributed by atoms with Gasteiger partial charge in [0.15, 0.2) is 11.6 Å². The molecular formula is C26H38FN7O5. The van der Waals surface area contributed by atoms with E-state index in [9.17, 15) is 28.7 Å². The van der Waals surface area contributed by atoms with Gasteiger partial charge >= 0.3 is 0 Å². The Balaban J connectivity index is 1.42. The average molecular weight is 548 g/mol. The number of halogens is 1. The molecular weight excluding hydrogens is 509 g/mol. The molecule has 39 heavy (non-hydrogen) atoms. The van der Waals surface area contributed by atoms with E-state index in [2.05, 4.69) is 10.4 Å². The van der Waals surface area contributed by atoms with Gasteiger partial charge in [0, 0.05) is 20.1 Å². The third-order valence-corrected chi connectivity index (χ3v) is 9.34. The number of amides is 4. The van der Waals surface area contributed by atoms with Gasteiger partial charge in [0.1, 0.15) is 18.3 Å². The minimum atomic E-state index is -1.07. The highest BCUT2D eigenvalue weighted by Gasteiger charge is 2.64. The standard InChI is InChI=1S/C26H38FN7O5/c1-26(2,3)20(28)25(39)34-9-14-11-5-13(15(27)6-11)18(14)19(34)24(38)33-8-12(7-16(33)21(29)36)23(37)30-22-17(35)10-32(4)31-22/h10-16,18-20,35H,5-9,28H2,1-4H3,(H2,29,36)(H,30,31,37)/t11-,12-,13+,14+,15+,16-,18-,19-,20+/m0/s1. The Hall–Kier alpha value is -3.22. The van der Waals surface area contributed by atoms with Gasteiger partial charge in [-0.3, -0.25) is 23.9 Å². The van der Waals surface area contributed by atoms with E-state index in [0.29, 0.717) is 19.4 Å². The van der Waals surface area contributed by atoms with Crippen LogP contribution in [0.3, 0.4) is 0 Å². The smallest absolute Gasteiger partial charge is 0.246 e. The van der Waals surface area contributed by atoms with Crippen molar-refractivity contribution in [1.82, 2.24) is 19.6 Å². The van der Waals surface area contributed by atoms with Crippen molar-refractivity contribution in [2.45, 2.75) is 64.3 Å². The molecule has 4 amide bonds. The summed E-state index contributed by atoms with van der Waals surface area (Å²) in [7, 11) is 1.58. The first kappa shape index (κ1) is 27.4. The summed E-state index contributed by atoms with van der Waals surface area (Å²) in [6.07, 6.45) is 1.36. The Morgan fingerprint density at radius 1 is 1.13 bits per heavy atom. The molecule has 0 unspecified atom stereocenters. The van der Waals surface area contributed by atoms with Gasteiger partial charge in [0.2, 0.25) is 23.6 Å². The summed E-state index contributed by atoms with van der Waals surface area (Å²) in [5.74, 6) is -3.90. The number of hydrogen-bond donors (Lipinski definition) is 4. The minimum absolute atomic E-state index is 0.0193. The molecule has 214 valence electrons. The summed E-state index contributed by atoms with van der Waals surface area (Å²) in [6, 6.07) is -2.92. The highest BCUT2D eigenvalue weighted by molar-refractivity contribution is 5.98. The Labute approximate surface area is 226 Å². The third-order valence-electron chi connectivity index (χ3n) is 9.34. The second kappa shape index (κ2) is 9.46. The number of carbonyl (C=O) groups is 4. The van der Waals surface area contributed by atoms with Crippen molar-refractivity contribution < 1.29 is 28.7 Å². The summed E-state index contributed by atoms with van der Waals surface area (Å²) < 4.78 is 16.3. The number of fused-ring (bicyclic) bond motifs is 5. The lowest BCUT2D eigenvalue weighted by molar-refractivity contribution is -0.149. The van der Waals surface area contributed by atoms with E-state index < -0.39 is 53.4 Å². The van der Waals surface area contributed by atoms with E-state index in [1.54, 1.807) is 7.05 Å². The highest BCUT2D eigenvalue weighted by atomic mass is 19.1. The number of primary amides is 1. The van der Waals surface area contributed by atoms with Gasteiger partial charge < -0.3 is 31.7 Å². The quantitative estimate of drug-likeness (QED) is 0.400. The predicted octanol–water partition coefficient (Wildman–Crippen LogP) is -0.0389. The summed E-state index contributed by atoms with van der Waals surface area (Å²) in [5.41, 5.74) is 11.4. The normalized spacial score (nSPS) is 34.3. The molecule has 3 heterocycles. The molecule has 2 saturated heterocycles. The van der Waals surface area contributed by atoms with Crippen LogP contribution in [-0.2, 0) is 26.2 Å². The van der Waals surface area contributed by atoms with Crippen LogP contribution >= 0.6 is 0 Å². The Morgan fingerprint density at radius 3 is 2.41 bits per heavy atom. The Kier molecular flexibility index (Phi) is 6.63. The van der Waals surface area contributed by atoms with Crippen LogP contribution in [0.2, 0.25) is 0 Å². The SMILES string of the molecule is Cn1cc(O)c(NC(=O)[C@H]2C[C@@H](C(N)=O)N(C(=O)[C@@H]3[C@@H]4[C@H](CN3C(=O)[C@@H](N)C(C)(C)C)[C@H]3C[C@@H]4[C@H](F)C3)C2)n1. The first-order valence-corrected chi connectivity index (χ1v) is 13.5. The van der Waals surface area contributed by atoms with E-state index in [1.807, 2.05) is 20.8 Å². The number of aromatic nitrogens is 2. The number of alkyl halides is 1. The Morgan fingerprint density at radius 2 is 1.82 bits per heavy atom. The summed E-state index contributed by atoms with van der Waals surface area (Å²) in [6.45, 7) is 5.74. The molecule has 2 bridgehead atoms. The average Bonchev–Trinajstić information content (AvgIpc) is 3.63. The van der Waals surface area contributed by atoms with E-state index in [4.69, 9.17) is 11.5 Å². The van der Waals surface area contributed by atoms with Crippen molar-refractivity contribution in [3.63, 3.8) is 0 Å². The van der Waals surface area contributed by atoms with Crippen LogP contribution in [0.15, 0.2) is 6.20 Å². The number of rotatable bonds is 5. The zero-order valence-corrected chi connectivity index (χ0v) is 22.7. The van der Waals surface area contributed by atoms with Gasteiger partial charge in [-0.15, -0.1) is 0 Å². The molecule has 1 aromatic rings. The van der Waals surface area contributed by atoms with Crippen LogP contribution in [0.5, 0.6) is 5.75 Å². The predicted molar refractivity (Wildman–Crippen MR) is 137 cm³/mol. The molecule has 0 spiro atoms.